The fourth-order valence-electron chi connectivity index (χ4n) is 2.29. The number of likely N-dealkylation sites (N-methyl/N-ethyl adjacent to an activating group) is 1. The molecule has 1 amide bonds. The van der Waals surface area contributed by atoms with E-state index < -0.39 is 0 Å². The van der Waals surface area contributed by atoms with E-state index in [0.717, 1.165) is 47.7 Å². The monoisotopic (exact) mass is 307 g/mol. The van der Waals surface area contributed by atoms with E-state index in [1.807, 2.05) is 23.6 Å². The summed E-state index contributed by atoms with van der Waals surface area (Å²) in [7, 11) is 0. The average Bonchev–Trinajstić information content (AvgIpc) is 3.10. The Bertz CT molecular complexity index is 543. The van der Waals surface area contributed by atoms with Crippen molar-refractivity contribution in [3.63, 3.8) is 0 Å². The zero-order valence-corrected chi connectivity index (χ0v) is 13.0. The van der Waals surface area contributed by atoms with Gasteiger partial charge >= 0.3 is 0 Å². The van der Waals surface area contributed by atoms with E-state index in [4.69, 9.17) is 0 Å². The zero-order valence-electron chi connectivity index (χ0n) is 11.4. The molecule has 2 aliphatic rings. The summed E-state index contributed by atoms with van der Waals surface area (Å²) in [6.07, 6.45) is 1.94. The number of hydrogen-bond acceptors (Lipinski definition) is 5. The molecule has 0 aliphatic carbocycles. The number of thiophene rings is 1. The summed E-state index contributed by atoms with van der Waals surface area (Å²) in [5.41, 5.74) is 0. The highest BCUT2D eigenvalue weighted by atomic mass is 32.2. The third-order valence-corrected chi connectivity index (χ3v) is 5.38. The fourth-order valence-corrected chi connectivity index (χ4v) is 3.98. The maximum Gasteiger partial charge on any atom is 0.286 e. The van der Waals surface area contributed by atoms with Crippen LogP contribution >= 0.6 is 23.1 Å². The van der Waals surface area contributed by atoms with Crippen molar-refractivity contribution < 1.29 is 4.79 Å². The molecule has 0 spiro atoms. The highest BCUT2D eigenvalue weighted by Gasteiger charge is 2.28. The first-order valence-corrected chi connectivity index (χ1v) is 8.49. The van der Waals surface area contributed by atoms with Gasteiger partial charge in [-0.3, -0.25) is 4.79 Å². The van der Waals surface area contributed by atoms with Gasteiger partial charge in [-0.2, -0.15) is 4.99 Å². The maximum atomic E-state index is 12.0. The number of amidine groups is 1. The van der Waals surface area contributed by atoms with Crippen LogP contribution in [0.25, 0.3) is 6.08 Å². The van der Waals surface area contributed by atoms with E-state index in [1.165, 1.54) is 11.8 Å². The smallest absolute Gasteiger partial charge is 0.286 e. The van der Waals surface area contributed by atoms with Crippen molar-refractivity contribution in [1.82, 2.24) is 9.80 Å². The molecule has 1 fully saturated rings. The molecule has 0 aromatic carbocycles. The fraction of sp³-hybridized carbons (Fsp3) is 0.429. The Balaban J connectivity index is 1.66. The van der Waals surface area contributed by atoms with Gasteiger partial charge in [0.25, 0.3) is 5.91 Å². The molecule has 2 aliphatic heterocycles. The van der Waals surface area contributed by atoms with Crippen molar-refractivity contribution in [2.75, 3.05) is 32.7 Å². The quantitative estimate of drug-likeness (QED) is 0.786. The second kappa shape index (κ2) is 6.11. The largest absolute Gasteiger partial charge is 0.348 e. The standard InChI is InChI=1S/C14H17N3OS2/c1-2-16-5-7-17(8-6-16)14-15-13(18)12(20-14)10-11-4-3-9-19-11/h3-4,9-10H,2,5-8H2,1H3/b12-10-. The highest BCUT2D eigenvalue weighted by molar-refractivity contribution is 8.18. The number of amides is 1. The first-order valence-electron chi connectivity index (χ1n) is 6.79. The van der Waals surface area contributed by atoms with Crippen LogP contribution in [-0.2, 0) is 4.79 Å². The van der Waals surface area contributed by atoms with Gasteiger partial charge in [0.2, 0.25) is 0 Å². The molecule has 0 atom stereocenters. The minimum atomic E-state index is -0.101. The van der Waals surface area contributed by atoms with Gasteiger partial charge in [0, 0.05) is 31.1 Å². The lowest BCUT2D eigenvalue weighted by Gasteiger charge is -2.34. The molecule has 0 N–H and O–H groups in total. The Morgan fingerprint density at radius 2 is 2.15 bits per heavy atom. The predicted octanol–water partition coefficient (Wildman–Crippen LogP) is 2.36. The number of carbonyl (C=O) groups excluding carboxylic acids is 1. The summed E-state index contributed by atoms with van der Waals surface area (Å²) in [5.74, 6) is -0.101. The molecular formula is C14H17N3OS2. The zero-order chi connectivity index (χ0) is 13.9. The van der Waals surface area contributed by atoms with E-state index in [9.17, 15) is 4.79 Å². The van der Waals surface area contributed by atoms with Crippen LogP contribution in [-0.4, -0.2) is 53.6 Å². The SMILES string of the molecule is CCN1CCN(C2=NC(=O)/C(=C/c3cccs3)S2)CC1. The molecule has 106 valence electrons. The number of thioether (sulfide) groups is 1. The Labute approximate surface area is 127 Å². The summed E-state index contributed by atoms with van der Waals surface area (Å²) in [4.78, 5) is 22.7. The molecule has 0 radical (unpaired) electrons. The van der Waals surface area contributed by atoms with Crippen LogP contribution in [0.4, 0.5) is 0 Å². The van der Waals surface area contributed by atoms with Gasteiger partial charge in [-0.15, -0.1) is 11.3 Å². The number of rotatable bonds is 2. The summed E-state index contributed by atoms with van der Waals surface area (Å²) in [6, 6.07) is 4.01. The minimum Gasteiger partial charge on any atom is -0.348 e. The van der Waals surface area contributed by atoms with Crippen LogP contribution in [0.5, 0.6) is 0 Å². The van der Waals surface area contributed by atoms with Crippen molar-refractivity contribution in [2.45, 2.75) is 6.92 Å². The Morgan fingerprint density at radius 1 is 1.35 bits per heavy atom. The summed E-state index contributed by atoms with van der Waals surface area (Å²) in [6.45, 7) is 7.29. The van der Waals surface area contributed by atoms with Gasteiger partial charge in [0.15, 0.2) is 5.17 Å². The number of carbonyl (C=O) groups is 1. The van der Waals surface area contributed by atoms with Crippen molar-refractivity contribution in [2.24, 2.45) is 4.99 Å². The number of nitrogens with zero attached hydrogens (tertiary/aromatic N) is 3. The van der Waals surface area contributed by atoms with Crippen molar-refractivity contribution in [3.05, 3.63) is 27.3 Å². The van der Waals surface area contributed by atoms with Crippen LogP contribution < -0.4 is 0 Å². The van der Waals surface area contributed by atoms with Gasteiger partial charge in [-0.05, 0) is 35.8 Å². The summed E-state index contributed by atoms with van der Waals surface area (Å²) < 4.78 is 0. The van der Waals surface area contributed by atoms with E-state index in [-0.39, 0.29) is 5.91 Å². The second-order valence-corrected chi connectivity index (χ2v) is 6.74. The van der Waals surface area contributed by atoms with Crippen LogP contribution in [0.15, 0.2) is 27.4 Å². The van der Waals surface area contributed by atoms with Crippen LogP contribution in [0, 0.1) is 0 Å². The van der Waals surface area contributed by atoms with Gasteiger partial charge in [0.05, 0.1) is 4.91 Å². The third-order valence-electron chi connectivity index (χ3n) is 3.52. The van der Waals surface area contributed by atoms with E-state index in [1.54, 1.807) is 11.3 Å². The van der Waals surface area contributed by atoms with Gasteiger partial charge in [-0.1, -0.05) is 13.0 Å². The molecule has 0 saturated carbocycles. The van der Waals surface area contributed by atoms with Crippen LogP contribution in [0.3, 0.4) is 0 Å². The average molecular weight is 307 g/mol. The van der Waals surface area contributed by atoms with E-state index >= 15 is 0 Å². The summed E-state index contributed by atoms with van der Waals surface area (Å²) >= 11 is 3.15. The number of aliphatic imine (C=N–C) groups is 1. The molecule has 1 aromatic rings. The minimum absolute atomic E-state index is 0.101. The highest BCUT2D eigenvalue weighted by Crippen LogP contribution is 2.31. The third kappa shape index (κ3) is 2.97. The molecule has 1 aromatic heterocycles. The Hall–Kier alpha value is -1.11. The normalized spacial score (nSPS) is 22.6. The molecule has 3 rings (SSSR count). The molecule has 4 nitrogen and oxygen atoms in total. The lowest BCUT2D eigenvalue weighted by atomic mass is 10.3. The lowest BCUT2D eigenvalue weighted by molar-refractivity contribution is -0.113. The number of hydrogen-bond donors (Lipinski definition) is 0. The topological polar surface area (TPSA) is 35.9 Å². The summed E-state index contributed by atoms with van der Waals surface area (Å²) in [5, 5.41) is 2.89. The van der Waals surface area contributed by atoms with Gasteiger partial charge < -0.3 is 9.80 Å². The first-order chi connectivity index (χ1) is 9.76. The van der Waals surface area contributed by atoms with E-state index in [2.05, 4.69) is 21.7 Å². The molecule has 3 heterocycles. The van der Waals surface area contributed by atoms with Gasteiger partial charge in [0.1, 0.15) is 0 Å². The van der Waals surface area contributed by atoms with Crippen LogP contribution in [0.1, 0.15) is 11.8 Å². The molecule has 20 heavy (non-hydrogen) atoms. The number of piperazine rings is 1. The molecule has 1 saturated heterocycles. The maximum absolute atomic E-state index is 12.0. The second-order valence-electron chi connectivity index (χ2n) is 4.75. The van der Waals surface area contributed by atoms with Crippen LogP contribution in [0.2, 0.25) is 0 Å². The Kier molecular flexibility index (Phi) is 4.24. The lowest BCUT2D eigenvalue weighted by Crippen LogP contribution is -2.47. The first kappa shape index (κ1) is 13.9. The van der Waals surface area contributed by atoms with E-state index in [0.29, 0.717) is 0 Å². The molecular weight excluding hydrogens is 290 g/mol. The molecule has 6 heteroatoms. The van der Waals surface area contributed by atoms with Crippen molar-refractivity contribution in [3.8, 4) is 0 Å². The molecule has 0 unspecified atom stereocenters. The Morgan fingerprint density at radius 3 is 2.80 bits per heavy atom. The van der Waals surface area contributed by atoms with Gasteiger partial charge in [-0.25, -0.2) is 0 Å². The van der Waals surface area contributed by atoms with Crippen molar-refractivity contribution in [1.29, 1.82) is 0 Å². The predicted molar refractivity (Wildman–Crippen MR) is 86.0 cm³/mol. The molecule has 0 bridgehead atoms. The van der Waals surface area contributed by atoms with Crippen molar-refractivity contribution >= 4 is 40.2 Å².